The van der Waals surface area contributed by atoms with E-state index in [1.54, 1.807) is 0 Å². The summed E-state index contributed by atoms with van der Waals surface area (Å²) >= 11 is 0. The van der Waals surface area contributed by atoms with Crippen LogP contribution >= 0.6 is 0 Å². The average molecular weight is 289 g/mol. The van der Waals surface area contributed by atoms with Crippen molar-refractivity contribution in [2.75, 3.05) is 26.2 Å². The van der Waals surface area contributed by atoms with Gasteiger partial charge in [0.2, 0.25) is 5.91 Å². The molecule has 1 amide bonds. The van der Waals surface area contributed by atoms with Crippen LogP contribution in [0.1, 0.15) is 11.5 Å². The number of nitrogens with zero attached hydrogens (tertiary/aromatic N) is 1. The van der Waals surface area contributed by atoms with Crippen LogP contribution in [-0.4, -0.2) is 43.2 Å². The first-order valence-corrected chi connectivity index (χ1v) is 7.16. The van der Waals surface area contributed by atoms with E-state index in [0.717, 1.165) is 29.8 Å². The Bertz CT molecular complexity index is 634. The molecule has 6 heteroatoms. The first-order chi connectivity index (χ1) is 10.2. The summed E-state index contributed by atoms with van der Waals surface area (Å²) in [6.45, 7) is 4.27. The molecular weight excluding hydrogens is 270 g/mol. The van der Waals surface area contributed by atoms with Gasteiger partial charge in [-0.1, -0.05) is 12.1 Å². The summed E-state index contributed by atoms with van der Waals surface area (Å²) in [5.74, 6) is 0.540. The molecule has 2 N–H and O–H groups in total. The number of hydrogen-bond acceptors (Lipinski definition) is 5. The highest BCUT2D eigenvalue weighted by Crippen LogP contribution is 2.18. The number of oxazole rings is 1. The lowest BCUT2D eigenvalue weighted by Gasteiger charge is -2.26. The third-order valence-electron chi connectivity index (χ3n) is 3.52. The summed E-state index contributed by atoms with van der Waals surface area (Å²) in [5, 5.41) is 5.90. The normalized spacial score (nSPS) is 15.1. The van der Waals surface area contributed by atoms with Gasteiger partial charge in [-0.3, -0.25) is 4.79 Å². The van der Waals surface area contributed by atoms with Gasteiger partial charge in [-0.05, 0) is 18.6 Å². The van der Waals surface area contributed by atoms with E-state index in [0.29, 0.717) is 18.9 Å². The van der Waals surface area contributed by atoms with Gasteiger partial charge in [-0.2, -0.15) is 0 Å². The van der Waals surface area contributed by atoms with Crippen LogP contribution in [0.4, 0.5) is 0 Å². The van der Waals surface area contributed by atoms with E-state index in [2.05, 4.69) is 15.6 Å². The molecule has 0 radical (unpaired) electrons. The number of aryl methyl sites for hydroxylation is 1. The molecule has 1 aliphatic heterocycles. The number of carbonyl (C=O) groups is 1. The number of hydrogen-bond donors (Lipinski definition) is 2. The monoisotopic (exact) mass is 289 g/mol. The second kappa shape index (κ2) is 6.24. The van der Waals surface area contributed by atoms with Gasteiger partial charge in [-0.25, -0.2) is 4.98 Å². The molecule has 1 aliphatic rings. The first-order valence-electron chi connectivity index (χ1n) is 7.16. The molecule has 1 aromatic heterocycles. The van der Waals surface area contributed by atoms with Crippen LogP contribution in [0.5, 0.6) is 0 Å². The minimum atomic E-state index is -0.103. The standard InChI is InChI=1S/C15H19N3O3/c1-10-3-2-4-12-15(10)18-14(21-12)5-6-17-13(19)9-20-11-7-16-8-11/h2-4,11,16H,5-9H2,1H3,(H,17,19). The van der Waals surface area contributed by atoms with Crippen LogP contribution in [0.3, 0.4) is 0 Å². The number of benzene rings is 1. The predicted molar refractivity (Wildman–Crippen MR) is 78.1 cm³/mol. The molecule has 0 spiro atoms. The summed E-state index contributed by atoms with van der Waals surface area (Å²) in [7, 11) is 0. The van der Waals surface area contributed by atoms with Crippen molar-refractivity contribution in [3.05, 3.63) is 29.7 Å². The van der Waals surface area contributed by atoms with Crippen molar-refractivity contribution in [2.24, 2.45) is 0 Å². The number of para-hydroxylation sites is 1. The maximum Gasteiger partial charge on any atom is 0.246 e. The Labute approximate surface area is 122 Å². The molecule has 1 saturated heterocycles. The molecular formula is C15H19N3O3. The van der Waals surface area contributed by atoms with Crippen LogP contribution in [0, 0.1) is 6.92 Å². The van der Waals surface area contributed by atoms with Crippen molar-refractivity contribution in [3.63, 3.8) is 0 Å². The van der Waals surface area contributed by atoms with Gasteiger partial charge in [0.1, 0.15) is 12.1 Å². The summed E-state index contributed by atoms with van der Waals surface area (Å²) < 4.78 is 11.0. The molecule has 1 aromatic carbocycles. The lowest BCUT2D eigenvalue weighted by Crippen LogP contribution is -2.49. The smallest absolute Gasteiger partial charge is 0.246 e. The lowest BCUT2D eigenvalue weighted by atomic mass is 10.2. The maximum atomic E-state index is 11.6. The number of ether oxygens (including phenoxy) is 1. The van der Waals surface area contributed by atoms with Crippen LogP contribution in [0.15, 0.2) is 22.6 Å². The molecule has 2 heterocycles. The van der Waals surface area contributed by atoms with Crippen molar-refractivity contribution >= 4 is 17.0 Å². The van der Waals surface area contributed by atoms with E-state index in [9.17, 15) is 4.79 Å². The number of carbonyl (C=O) groups excluding carboxylic acids is 1. The van der Waals surface area contributed by atoms with E-state index in [1.165, 1.54) is 0 Å². The van der Waals surface area contributed by atoms with Crippen molar-refractivity contribution in [3.8, 4) is 0 Å². The fraction of sp³-hybridized carbons (Fsp3) is 0.467. The molecule has 6 nitrogen and oxygen atoms in total. The minimum absolute atomic E-state index is 0.103. The van der Waals surface area contributed by atoms with Crippen molar-refractivity contribution in [1.29, 1.82) is 0 Å². The quantitative estimate of drug-likeness (QED) is 0.822. The second-order valence-corrected chi connectivity index (χ2v) is 5.22. The number of aromatic nitrogens is 1. The number of amides is 1. The van der Waals surface area contributed by atoms with Gasteiger partial charge >= 0.3 is 0 Å². The summed E-state index contributed by atoms with van der Waals surface area (Å²) in [6.07, 6.45) is 0.751. The summed E-state index contributed by atoms with van der Waals surface area (Å²) in [5.41, 5.74) is 2.77. The van der Waals surface area contributed by atoms with E-state index in [-0.39, 0.29) is 18.6 Å². The first kappa shape index (κ1) is 14.0. The number of rotatable bonds is 6. The zero-order chi connectivity index (χ0) is 14.7. The third-order valence-corrected chi connectivity index (χ3v) is 3.52. The number of fused-ring (bicyclic) bond motifs is 1. The largest absolute Gasteiger partial charge is 0.441 e. The fourth-order valence-corrected chi connectivity index (χ4v) is 2.17. The Morgan fingerprint density at radius 1 is 1.52 bits per heavy atom. The van der Waals surface area contributed by atoms with Gasteiger partial charge in [0.15, 0.2) is 11.5 Å². The molecule has 2 aromatic rings. The van der Waals surface area contributed by atoms with E-state index in [4.69, 9.17) is 9.15 Å². The third kappa shape index (κ3) is 3.40. The highest BCUT2D eigenvalue weighted by atomic mass is 16.5. The average Bonchev–Trinajstić information content (AvgIpc) is 2.81. The molecule has 0 atom stereocenters. The maximum absolute atomic E-state index is 11.6. The molecule has 1 fully saturated rings. The summed E-state index contributed by atoms with van der Waals surface area (Å²) in [4.78, 5) is 16.0. The van der Waals surface area contributed by atoms with E-state index >= 15 is 0 Å². The number of nitrogens with one attached hydrogen (secondary N) is 2. The van der Waals surface area contributed by atoms with Crippen LogP contribution in [0.25, 0.3) is 11.1 Å². The summed E-state index contributed by atoms with van der Waals surface area (Å²) in [6, 6.07) is 5.85. The Morgan fingerprint density at radius 3 is 3.10 bits per heavy atom. The van der Waals surface area contributed by atoms with E-state index < -0.39 is 0 Å². The van der Waals surface area contributed by atoms with Crippen molar-refractivity contribution < 1.29 is 13.9 Å². The van der Waals surface area contributed by atoms with Crippen LogP contribution in [0.2, 0.25) is 0 Å². The molecule has 0 saturated carbocycles. The van der Waals surface area contributed by atoms with Gasteiger partial charge in [0.05, 0.1) is 6.10 Å². The molecule has 0 unspecified atom stereocenters. The molecule has 0 aliphatic carbocycles. The molecule has 0 bridgehead atoms. The highest BCUT2D eigenvalue weighted by Gasteiger charge is 2.18. The second-order valence-electron chi connectivity index (χ2n) is 5.22. The zero-order valence-electron chi connectivity index (χ0n) is 12.0. The van der Waals surface area contributed by atoms with Gasteiger partial charge in [0, 0.05) is 26.1 Å². The zero-order valence-corrected chi connectivity index (χ0v) is 12.0. The topological polar surface area (TPSA) is 76.4 Å². The van der Waals surface area contributed by atoms with Gasteiger partial charge < -0.3 is 19.8 Å². The van der Waals surface area contributed by atoms with Crippen molar-refractivity contribution in [2.45, 2.75) is 19.4 Å². The Hall–Kier alpha value is -1.92. The van der Waals surface area contributed by atoms with Gasteiger partial charge in [-0.15, -0.1) is 0 Å². The molecule has 3 rings (SSSR count). The fourth-order valence-electron chi connectivity index (χ4n) is 2.17. The van der Waals surface area contributed by atoms with Gasteiger partial charge in [0.25, 0.3) is 0 Å². The lowest BCUT2D eigenvalue weighted by molar-refractivity contribution is -0.128. The predicted octanol–water partition coefficient (Wildman–Crippen LogP) is 0.783. The van der Waals surface area contributed by atoms with Crippen molar-refractivity contribution in [1.82, 2.24) is 15.6 Å². The molecule has 21 heavy (non-hydrogen) atoms. The Balaban J connectivity index is 1.45. The molecule has 112 valence electrons. The Kier molecular flexibility index (Phi) is 4.17. The van der Waals surface area contributed by atoms with Crippen LogP contribution in [-0.2, 0) is 16.0 Å². The Morgan fingerprint density at radius 2 is 2.38 bits per heavy atom. The van der Waals surface area contributed by atoms with E-state index in [1.807, 2.05) is 25.1 Å². The van der Waals surface area contributed by atoms with Crippen LogP contribution < -0.4 is 10.6 Å². The minimum Gasteiger partial charge on any atom is -0.441 e. The SMILES string of the molecule is Cc1cccc2oc(CCNC(=O)COC3CNC3)nc12. The highest BCUT2D eigenvalue weighted by molar-refractivity contribution is 5.77.